The number of benzene rings is 1. The van der Waals surface area contributed by atoms with E-state index in [4.69, 9.17) is 14.2 Å². The molecule has 0 aliphatic heterocycles. The predicted molar refractivity (Wildman–Crippen MR) is 72.1 cm³/mol. The van der Waals surface area contributed by atoms with Crippen molar-refractivity contribution in [3.63, 3.8) is 0 Å². The van der Waals surface area contributed by atoms with Crippen LogP contribution in [0.4, 0.5) is 4.79 Å². The number of thioether (sulfide) groups is 1. The van der Waals surface area contributed by atoms with Crippen molar-refractivity contribution in [1.82, 2.24) is 0 Å². The number of carbonyl (C=O) groups is 2. The van der Waals surface area contributed by atoms with Crippen LogP contribution in [0.3, 0.4) is 0 Å². The summed E-state index contributed by atoms with van der Waals surface area (Å²) in [6.45, 7) is 1.95. The maximum atomic E-state index is 11.7. The van der Waals surface area contributed by atoms with Gasteiger partial charge in [-0.25, -0.2) is 9.59 Å². The van der Waals surface area contributed by atoms with Gasteiger partial charge in [0, 0.05) is 19.8 Å². The summed E-state index contributed by atoms with van der Waals surface area (Å²) in [6, 6.07) is 8.52. The zero-order chi connectivity index (χ0) is 14.1. The highest BCUT2D eigenvalue weighted by Gasteiger charge is 2.15. The fourth-order valence-corrected chi connectivity index (χ4v) is 1.82. The van der Waals surface area contributed by atoms with Crippen molar-refractivity contribution in [2.75, 3.05) is 19.5 Å². The Bertz CT molecular complexity index is 407. The fourth-order valence-electron chi connectivity index (χ4n) is 1.19. The van der Waals surface area contributed by atoms with Crippen molar-refractivity contribution < 1.29 is 23.8 Å². The Morgan fingerprint density at radius 1 is 1.21 bits per heavy atom. The summed E-state index contributed by atoms with van der Waals surface area (Å²) in [6.07, 6.45) is -0.921. The van der Waals surface area contributed by atoms with Gasteiger partial charge in [0.05, 0.1) is 12.2 Å². The molecule has 0 aliphatic carbocycles. The number of rotatable bonds is 6. The van der Waals surface area contributed by atoms with E-state index in [1.807, 2.05) is 0 Å². The minimum absolute atomic E-state index is 0.414. The molecule has 0 N–H and O–H groups in total. The smallest absolute Gasteiger partial charge is 0.370 e. The van der Waals surface area contributed by atoms with Crippen LogP contribution >= 0.6 is 11.8 Å². The maximum absolute atomic E-state index is 11.7. The number of esters is 1. The second-order valence-electron chi connectivity index (χ2n) is 3.55. The Labute approximate surface area is 116 Å². The molecular formula is C13H16O5S. The van der Waals surface area contributed by atoms with E-state index in [0.29, 0.717) is 17.9 Å². The topological polar surface area (TPSA) is 61.8 Å². The Morgan fingerprint density at radius 3 is 2.53 bits per heavy atom. The summed E-state index contributed by atoms with van der Waals surface area (Å²) in [5.74, 6) is -0.0305. The van der Waals surface area contributed by atoms with Crippen LogP contribution in [0.5, 0.6) is 0 Å². The third kappa shape index (κ3) is 6.26. The third-order valence-corrected chi connectivity index (χ3v) is 2.75. The quantitative estimate of drug-likeness (QED) is 0.455. The highest BCUT2D eigenvalue weighted by atomic mass is 32.2. The average Bonchev–Trinajstić information content (AvgIpc) is 2.39. The molecule has 0 saturated heterocycles. The minimum Gasteiger partial charge on any atom is -0.422 e. The van der Waals surface area contributed by atoms with Gasteiger partial charge in [-0.15, -0.1) is 0 Å². The summed E-state index contributed by atoms with van der Waals surface area (Å²) in [4.78, 5) is 23.0. The van der Waals surface area contributed by atoms with Gasteiger partial charge in [-0.1, -0.05) is 18.2 Å². The van der Waals surface area contributed by atoms with Crippen molar-refractivity contribution in [2.45, 2.75) is 13.2 Å². The molecule has 1 unspecified atom stereocenters. The molecule has 5 nitrogen and oxygen atoms in total. The van der Waals surface area contributed by atoms with Gasteiger partial charge in [-0.2, -0.15) is 0 Å². The fraction of sp³-hybridized carbons (Fsp3) is 0.385. The molecule has 1 atom stereocenters. The summed E-state index contributed by atoms with van der Waals surface area (Å²) in [5.41, 5.74) is 0.414. The normalized spacial score (nSPS) is 11.7. The highest BCUT2D eigenvalue weighted by Crippen LogP contribution is 2.10. The Balaban J connectivity index is 2.33. The Hall–Kier alpha value is -1.53. The van der Waals surface area contributed by atoms with Crippen LogP contribution in [0.1, 0.15) is 17.3 Å². The lowest BCUT2D eigenvalue weighted by molar-refractivity contribution is -0.0526. The summed E-state index contributed by atoms with van der Waals surface area (Å²) >= 11 is 0.975. The lowest BCUT2D eigenvalue weighted by Gasteiger charge is -2.13. The molecule has 1 aromatic carbocycles. The molecule has 0 aliphatic rings. The zero-order valence-electron chi connectivity index (χ0n) is 10.8. The highest BCUT2D eigenvalue weighted by molar-refractivity contribution is 8.13. The largest absolute Gasteiger partial charge is 0.422 e. The van der Waals surface area contributed by atoms with Crippen molar-refractivity contribution in [3.05, 3.63) is 35.9 Å². The third-order valence-electron chi connectivity index (χ3n) is 2.05. The molecule has 19 heavy (non-hydrogen) atoms. The number of methoxy groups -OCH3 is 1. The second-order valence-corrected chi connectivity index (χ2v) is 4.58. The Kier molecular flexibility index (Phi) is 6.99. The van der Waals surface area contributed by atoms with Gasteiger partial charge in [0.1, 0.15) is 0 Å². The molecule has 0 saturated carbocycles. The first kappa shape index (κ1) is 15.5. The average molecular weight is 284 g/mol. The van der Waals surface area contributed by atoms with E-state index >= 15 is 0 Å². The van der Waals surface area contributed by atoms with Crippen LogP contribution < -0.4 is 0 Å². The monoisotopic (exact) mass is 284 g/mol. The van der Waals surface area contributed by atoms with E-state index in [-0.39, 0.29) is 0 Å². The molecule has 0 radical (unpaired) electrons. The van der Waals surface area contributed by atoms with Gasteiger partial charge in [-0.05, 0) is 23.9 Å². The van der Waals surface area contributed by atoms with Crippen molar-refractivity contribution in [3.8, 4) is 0 Å². The van der Waals surface area contributed by atoms with Gasteiger partial charge < -0.3 is 14.2 Å². The molecule has 104 valence electrons. The molecule has 0 amide bonds. The van der Waals surface area contributed by atoms with Gasteiger partial charge in [0.15, 0.2) is 0 Å². The van der Waals surface area contributed by atoms with Crippen molar-refractivity contribution in [2.24, 2.45) is 0 Å². The van der Waals surface area contributed by atoms with E-state index in [9.17, 15) is 9.59 Å². The number of hydrogen-bond donors (Lipinski definition) is 0. The van der Waals surface area contributed by atoms with Crippen LogP contribution in [0.15, 0.2) is 30.3 Å². The first-order valence-electron chi connectivity index (χ1n) is 5.72. The number of hydrogen-bond acceptors (Lipinski definition) is 6. The van der Waals surface area contributed by atoms with E-state index in [2.05, 4.69) is 0 Å². The van der Waals surface area contributed by atoms with Crippen LogP contribution in [-0.2, 0) is 14.2 Å². The summed E-state index contributed by atoms with van der Waals surface area (Å²) in [5, 5.41) is -0.495. The summed E-state index contributed by atoms with van der Waals surface area (Å²) in [7, 11) is 1.55. The number of ether oxygens (including phenoxy) is 3. The molecule has 1 aromatic rings. The molecule has 6 heteroatoms. The van der Waals surface area contributed by atoms with E-state index in [1.54, 1.807) is 37.4 Å². The van der Waals surface area contributed by atoms with Crippen molar-refractivity contribution >= 4 is 23.0 Å². The lowest BCUT2D eigenvalue weighted by atomic mass is 10.2. The predicted octanol–water partition coefficient (Wildman–Crippen LogP) is 2.71. The Morgan fingerprint density at radius 2 is 1.89 bits per heavy atom. The van der Waals surface area contributed by atoms with E-state index < -0.39 is 17.6 Å². The van der Waals surface area contributed by atoms with Crippen LogP contribution in [0, 0.1) is 0 Å². The molecule has 0 spiro atoms. The molecular weight excluding hydrogens is 268 g/mol. The van der Waals surface area contributed by atoms with Crippen LogP contribution in [0.2, 0.25) is 0 Å². The van der Waals surface area contributed by atoms with Crippen LogP contribution in [0.25, 0.3) is 0 Å². The summed E-state index contributed by atoms with van der Waals surface area (Å²) < 4.78 is 14.7. The molecule has 0 heterocycles. The molecule has 0 bridgehead atoms. The van der Waals surface area contributed by atoms with Crippen molar-refractivity contribution in [1.29, 1.82) is 0 Å². The van der Waals surface area contributed by atoms with Gasteiger partial charge in [0.25, 0.3) is 0 Å². The first-order valence-corrected chi connectivity index (χ1v) is 6.70. The number of carbonyl (C=O) groups excluding carboxylic acids is 2. The SMILES string of the molecule is COCCSC(=O)OC(C)OC(=O)c1ccccc1. The molecule has 0 fully saturated rings. The van der Waals surface area contributed by atoms with Crippen LogP contribution in [-0.4, -0.2) is 37.0 Å². The van der Waals surface area contributed by atoms with E-state index in [1.165, 1.54) is 6.92 Å². The van der Waals surface area contributed by atoms with Gasteiger partial charge >= 0.3 is 11.3 Å². The van der Waals surface area contributed by atoms with Gasteiger partial charge in [0.2, 0.25) is 6.29 Å². The molecule has 1 rings (SSSR count). The first-order chi connectivity index (χ1) is 9.13. The van der Waals surface area contributed by atoms with Gasteiger partial charge in [-0.3, -0.25) is 0 Å². The standard InChI is InChI=1S/C13H16O5S/c1-10(18-13(15)19-9-8-16-2)17-12(14)11-6-4-3-5-7-11/h3-7,10H,8-9H2,1-2H3. The second kappa shape index (κ2) is 8.55. The minimum atomic E-state index is -0.921. The molecule has 0 aromatic heterocycles. The lowest BCUT2D eigenvalue weighted by Crippen LogP contribution is -2.20. The maximum Gasteiger partial charge on any atom is 0.370 e. The zero-order valence-corrected chi connectivity index (χ0v) is 11.6. The van der Waals surface area contributed by atoms with E-state index in [0.717, 1.165) is 11.8 Å².